The number of isocyanates is 1. The lowest BCUT2D eigenvalue weighted by Gasteiger charge is -2.04. The molecule has 4 nitrogen and oxygen atoms in total. The van der Waals surface area contributed by atoms with Crippen molar-refractivity contribution in [3.8, 4) is 0 Å². The van der Waals surface area contributed by atoms with E-state index in [0.717, 1.165) is 5.56 Å². The van der Waals surface area contributed by atoms with Crippen molar-refractivity contribution < 1.29 is 14.3 Å². The van der Waals surface area contributed by atoms with Gasteiger partial charge in [0.25, 0.3) is 0 Å². The molecule has 0 aliphatic carbocycles. The van der Waals surface area contributed by atoms with Crippen LogP contribution in [0.2, 0.25) is 0 Å². The first-order chi connectivity index (χ1) is 8.27. The molecule has 0 N–H and O–H groups in total. The fourth-order valence-electron chi connectivity index (χ4n) is 1.30. The second-order valence-electron chi connectivity index (χ2n) is 3.31. The number of methoxy groups -OCH3 is 1. The first kappa shape index (κ1) is 12.9. The summed E-state index contributed by atoms with van der Waals surface area (Å²) >= 11 is 0. The summed E-state index contributed by atoms with van der Waals surface area (Å²) in [7, 11) is 1.26. The van der Waals surface area contributed by atoms with Gasteiger partial charge in [-0.25, -0.2) is 9.59 Å². The minimum Gasteiger partial charge on any atom is -0.467 e. The van der Waals surface area contributed by atoms with Crippen LogP contribution in [-0.2, 0) is 14.3 Å². The summed E-state index contributed by atoms with van der Waals surface area (Å²) in [6.45, 7) is 0. The number of carbonyl (C=O) groups excluding carboxylic acids is 2. The van der Waals surface area contributed by atoms with Gasteiger partial charge in [-0.3, -0.25) is 0 Å². The first-order valence-electron chi connectivity index (χ1n) is 5.14. The van der Waals surface area contributed by atoms with Crippen LogP contribution in [0, 0.1) is 0 Å². The van der Waals surface area contributed by atoms with Crippen LogP contribution in [0.4, 0.5) is 0 Å². The number of hydrogen-bond acceptors (Lipinski definition) is 4. The molecule has 1 aromatic rings. The van der Waals surface area contributed by atoms with Gasteiger partial charge >= 0.3 is 5.97 Å². The van der Waals surface area contributed by atoms with E-state index in [1.807, 2.05) is 36.4 Å². The molecule has 1 aromatic carbocycles. The molecular formula is C13H13NO3. The predicted molar refractivity (Wildman–Crippen MR) is 64.0 cm³/mol. The van der Waals surface area contributed by atoms with E-state index in [-0.39, 0.29) is 0 Å². The Labute approximate surface area is 99.6 Å². The zero-order valence-corrected chi connectivity index (χ0v) is 9.50. The van der Waals surface area contributed by atoms with Crippen molar-refractivity contribution in [2.24, 2.45) is 4.99 Å². The van der Waals surface area contributed by atoms with E-state index in [1.165, 1.54) is 13.2 Å². The summed E-state index contributed by atoms with van der Waals surface area (Å²) in [4.78, 5) is 24.8. The Morgan fingerprint density at radius 2 is 2.18 bits per heavy atom. The number of ether oxygens (including phenoxy) is 1. The van der Waals surface area contributed by atoms with Gasteiger partial charge in [0.05, 0.1) is 7.11 Å². The molecule has 0 saturated heterocycles. The average molecular weight is 231 g/mol. The number of rotatable bonds is 5. The predicted octanol–water partition coefficient (Wildman–Crippen LogP) is 1.97. The highest BCUT2D eigenvalue weighted by Gasteiger charge is 2.15. The van der Waals surface area contributed by atoms with Crippen molar-refractivity contribution in [1.82, 2.24) is 0 Å². The number of aliphatic imine (C=N–C) groups is 1. The van der Waals surface area contributed by atoms with Crippen molar-refractivity contribution >= 4 is 18.1 Å². The van der Waals surface area contributed by atoms with Crippen molar-refractivity contribution in [2.75, 3.05) is 7.11 Å². The Morgan fingerprint density at radius 1 is 1.47 bits per heavy atom. The lowest BCUT2D eigenvalue weighted by atomic mass is 10.1. The Balaban J connectivity index is 2.61. The van der Waals surface area contributed by atoms with Crippen LogP contribution in [0.3, 0.4) is 0 Å². The van der Waals surface area contributed by atoms with Gasteiger partial charge in [0.2, 0.25) is 6.08 Å². The third-order valence-electron chi connectivity index (χ3n) is 2.15. The number of carbonyl (C=O) groups is 1. The highest BCUT2D eigenvalue weighted by Crippen LogP contribution is 2.06. The topological polar surface area (TPSA) is 55.7 Å². The molecular weight excluding hydrogens is 218 g/mol. The second-order valence-corrected chi connectivity index (χ2v) is 3.31. The monoisotopic (exact) mass is 231 g/mol. The summed E-state index contributed by atoms with van der Waals surface area (Å²) in [5, 5.41) is 0. The van der Waals surface area contributed by atoms with Crippen LogP contribution >= 0.6 is 0 Å². The molecule has 0 aliphatic rings. The highest BCUT2D eigenvalue weighted by molar-refractivity contribution is 5.77. The van der Waals surface area contributed by atoms with E-state index in [2.05, 4.69) is 9.73 Å². The average Bonchev–Trinajstić information content (AvgIpc) is 2.38. The highest BCUT2D eigenvalue weighted by atomic mass is 16.5. The standard InChI is InChI=1S/C13H13NO3/c1-17-13(16)12(14-10-15)9-5-8-11-6-3-2-4-7-11/h2-8,12H,9H2,1H3/b8-5+. The molecule has 0 amide bonds. The molecule has 0 aliphatic heterocycles. The molecule has 1 atom stereocenters. The fourth-order valence-corrected chi connectivity index (χ4v) is 1.30. The van der Waals surface area contributed by atoms with E-state index in [0.29, 0.717) is 6.42 Å². The molecule has 4 heteroatoms. The Bertz CT molecular complexity index is 433. The van der Waals surface area contributed by atoms with Crippen molar-refractivity contribution in [3.05, 3.63) is 42.0 Å². The molecule has 0 fully saturated rings. The SMILES string of the molecule is COC(=O)C(C/C=C/c1ccccc1)N=C=O. The smallest absolute Gasteiger partial charge is 0.331 e. The summed E-state index contributed by atoms with van der Waals surface area (Å²) < 4.78 is 4.52. The third kappa shape index (κ3) is 4.45. The molecule has 0 radical (unpaired) electrons. The van der Waals surface area contributed by atoms with Crippen LogP contribution in [-0.4, -0.2) is 25.2 Å². The third-order valence-corrected chi connectivity index (χ3v) is 2.15. The zero-order valence-electron chi connectivity index (χ0n) is 9.50. The number of benzene rings is 1. The van der Waals surface area contributed by atoms with Crippen molar-refractivity contribution in [2.45, 2.75) is 12.5 Å². The second kappa shape index (κ2) is 7.14. The van der Waals surface area contributed by atoms with Gasteiger partial charge in [-0.2, -0.15) is 4.99 Å². The molecule has 17 heavy (non-hydrogen) atoms. The number of nitrogens with zero attached hydrogens (tertiary/aromatic N) is 1. The minimum atomic E-state index is -0.808. The molecule has 1 unspecified atom stereocenters. The Hall–Kier alpha value is -2.19. The maximum atomic E-state index is 11.2. The van der Waals surface area contributed by atoms with Gasteiger partial charge in [-0.05, 0) is 12.0 Å². The molecule has 0 aromatic heterocycles. The Kier molecular flexibility index (Phi) is 5.41. The number of esters is 1. The molecule has 1 rings (SSSR count). The van der Waals surface area contributed by atoms with E-state index < -0.39 is 12.0 Å². The summed E-state index contributed by atoms with van der Waals surface area (Å²) in [6.07, 6.45) is 5.32. The van der Waals surface area contributed by atoms with Crippen LogP contribution in [0.15, 0.2) is 41.4 Å². The largest absolute Gasteiger partial charge is 0.467 e. The van der Waals surface area contributed by atoms with E-state index >= 15 is 0 Å². The molecule has 0 bridgehead atoms. The van der Waals surface area contributed by atoms with Crippen LogP contribution < -0.4 is 0 Å². The van der Waals surface area contributed by atoms with Crippen molar-refractivity contribution in [1.29, 1.82) is 0 Å². The molecule has 88 valence electrons. The van der Waals surface area contributed by atoms with Crippen LogP contribution in [0.25, 0.3) is 6.08 Å². The minimum absolute atomic E-state index is 0.316. The van der Waals surface area contributed by atoms with Gasteiger partial charge in [0.15, 0.2) is 6.04 Å². The summed E-state index contributed by atoms with van der Waals surface area (Å²) in [6, 6.07) is 8.82. The first-order valence-corrected chi connectivity index (χ1v) is 5.14. The number of hydrogen-bond donors (Lipinski definition) is 0. The lowest BCUT2D eigenvalue weighted by molar-refractivity contribution is -0.141. The van der Waals surface area contributed by atoms with Crippen LogP contribution in [0.5, 0.6) is 0 Å². The van der Waals surface area contributed by atoms with E-state index in [4.69, 9.17) is 0 Å². The maximum absolute atomic E-state index is 11.2. The van der Waals surface area contributed by atoms with Crippen molar-refractivity contribution in [3.63, 3.8) is 0 Å². The van der Waals surface area contributed by atoms with Gasteiger partial charge in [0, 0.05) is 0 Å². The molecule has 0 heterocycles. The van der Waals surface area contributed by atoms with Gasteiger partial charge in [0.1, 0.15) is 0 Å². The van der Waals surface area contributed by atoms with Gasteiger partial charge < -0.3 is 4.74 Å². The van der Waals surface area contributed by atoms with E-state index in [9.17, 15) is 9.59 Å². The quantitative estimate of drug-likeness (QED) is 0.442. The van der Waals surface area contributed by atoms with Crippen LogP contribution in [0.1, 0.15) is 12.0 Å². The van der Waals surface area contributed by atoms with Gasteiger partial charge in [-0.15, -0.1) is 0 Å². The summed E-state index contributed by atoms with van der Waals surface area (Å²) in [5.41, 5.74) is 1.02. The fraction of sp³-hybridized carbons (Fsp3) is 0.231. The lowest BCUT2D eigenvalue weighted by Crippen LogP contribution is -2.19. The summed E-state index contributed by atoms with van der Waals surface area (Å²) in [5.74, 6) is -0.536. The molecule has 0 saturated carbocycles. The normalized spacial score (nSPS) is 11.8. The Morgan fingerprint density at radius 3 is 2.76 bits per heavy atom. The van der Waals surface area contributed by atoms with E-state index in [1.54, 1.807) is 6.08 Å². The maximum Gasteiger partial charge on any atom is 0.331 e. The zero-order chi connectivity index (χ0) is 12.5. The molecule has 0 spiro atoms. The van der Waals surface area contributed by atoms with Gasteiger partial charge in [-0.1, -0.05) is 42.5 Å².